The highest BCUT2D eigenvalue weighted by Crippen LogP contribution is 2.36. The Bertz CT molecular complexity index is 1290. The summed E-state index contributed by atoms with van der Waals surface area (Å²) in [4.78, 5) is 20.3. The standard InChI is InChI=1S/C25H19Cl2N3O/c1-2-20-15-29(14-16-7-4-3-5-8-16)25(31)21-9-6-10-22-23(21)30(20)24(28-22)17-11-18(26)13-19(27)12-17/h2-13,20H,1,14-15H2/t20-/m1/s1. The van der Waals surface area contributed by atoms with Gasteiger partial charge in [-0.1, -0.05) is 65.7 Å². The zero-order valence-corrected chi connectivity index (χ0v) is 18.1. The Kier molecular flexibility index (Phi) is 5.05. The van der Waals surface area contributed by atoms with Gasteiger partial charge < -0.3 is 9.47 Å². The Balaban J connectivity index is 1.70. The molecule has 0 saturated heterocycles. The number of rotatable bonds is 4. The van der Waals surface area contributed by atoms with Crippen LogP contribution < -0.4 is 0 Å². The Hall–Kier alpha value is -3.08. The molecule has 3 aromatic carbocycles. The summed E-state index contributed by atoms with van der Waals surface area (Å²) >= 11 is 12.5. The van der Waals surface area contributed by atoms with Gasteiger partial charge in [-0.3, -0.25) is 4.79 Å². The third-order valence-electron chi connectivity index (χ3n) is 5.58. The van der Waals surface area contributed by atoms with Gasteiger partial charge >= 0.3 is 0 Å². The van der Waals surface area contributed by atoms with E-state index in [-0.39, 0.29) is 11.9 Å². The molecule has 6 heteroatoms. The fourth-order valence-electron chi connectivity index (χ4n) is 4.21. The molecule has 0 spiro atoms. The van der Waals surface area contributed by atoms with Crippen LogP contribution in [0.3, 0.4) is 0 Å². The van der Waals surface area contributed by atoms with Gasteiger partial charge in [0, 0.05) is 28.7 Å². The molecule has 0 unspecified atom stereocenters. The van der Waals surface area contributed by atoms with Crippen molar-refractivity contribution in [3.8, 4) is 11.4 Å². The zero-order chi connectivity index (χ0) is 21.5. The van der Waals surface area contributed by atoms with Crippen LogP contribution in [0.15, 0.2) is 79.4 Å². The smallest absolute Gasteiger partial charge is 0.256 e. The third-order valence-corrected chi connectivity index (χ3v) is 6.01. The minimum atomic E-state index is -0.158. The highest BCUT2D eigenvalue weighted by molar-refractivity contribution is 6.35. The van der Waals surface area contributed by atoms with Crippen molar-refractivity contribution in [3.63, 3.8) is 0 Å². The lowest BCUT2D eigenvalue weighted by Crippen LogP contribution is -2.33. The van der Waals surface area contributed by atoms with Gasteiger partial charge in [-0.2, -0.15) is 0 Å². The van der Waals surface area contributed by atoms with E-state index in [1.165, 1.54) is 0 Å². The molecule has 1 aromatic heterocycles. The molecule has 154 valence electrons. The zero-order valence-electron chi connectivity index (χ0n) is 16.6. The van der Waals surface area contributed by atoms with E-state index in [1.54, 1.807) is 6.07 Å². The molecule has 0 fully saturated rings. The van der Waals surface area contributed by atoms with Crippen molar-refractivity contribution in [1.29, 1.82) is 0 Å². The summed E-state index contributed by atoms with van der Waals surface area (Å²) in [6, 6.07) is 20.9. The van der Waals surface area contributed by atoms with Crippen LogP contribution in [0.25, 0.3) is 22.4 Å². The predicted molar refractivity (Wildman–Crippen MR) is 126 cm³/mol. The van der Waals surface area contributed by atoms with Gasteiger partial charge in [-0.05, 0) is 35.9 Å². The van der Waals surface area contributed by atoms with Crippen LogP contribution in [0.4, 0.5) is 0 Å². The van der Waals surface area contributed by atoms with Gasteiger partial charge in [0.25, 0.3) is 5.91 Å². The SMILES string of the molecule is C=C[C@@H]1CN(Cc2ccccc2)C(=O)c2cccc3nc(-c4cc(Cl)cc(Cl)c4)n1c23. The van der Waals surface area contributed by atoms with Gasteiger partial charge in [-0.25, -0.2) is 4.98 Å². The van der Waals surface area contributed by atoms with Crippen LogP contribution in [0.2, 0.25) is 10.0 Å². The Morgan fingerprint density at radius 3 is 2.48 bits per heavy atom. The monoisotopic (exact) mass is 447 g/mol. The van der Waals surface area contributed by atoms with E-state index in [4.69, 9.17) is 28.2 Å². The molecule has 0 bridgehead atoms. The second kappa shape index (κ2) is 7.88. The van der Waals surface area contributed by atoms with Crippen molar-refractivity contribution < 1.29 is 4.79 Å². The molecule has 0 N–H and O–H groups in total. The molecule has 0 aliphatic carbocycles. The number of hydrogen-bond donors (Lipinski definition) is 0. The number of carbonyl (C=O) groups excluding carboxylic acids is 1. The molecule has 4 nitrogen and oxygen atoms in total. The van der Waals surface area contributed by atoms with Crippen molar-refractivity contribution in [1.82, 2.24) is 14.5 Å². The topological polar surface area (TPSA) is 38.1 Å². The van der Waals surface area contributed by atoms with Gasteiger partial charge in [0.15, 0.2) is 0 Å². The lowest BCUT2D eigenvalue weighted by Gasteiger charge is -2.25. The lowest BCUT2D eigenvalue weighted by molar-refractivity contribution is 0.0738. The number of imidazole rings is 1. The summed E-state index contributed by atoms with van der Waals surface area (Å²) < 4.78 is 2.09. The summed E-state index contributed by atoms with van der Waals surface area (Å²) in [5.41, 5.74) is 4.07. The molecule has 1 aliphatic rings. The maximum Gasteiger partial charge on any atom is 0.256 e. The number of para-hydroxylation sites is 1. The first-order chi connectivity index (χ1) is 15.0. The number of nitrogens with zero attached hydrogens (tertiary/aromatic N) is 3. The van der Waals surface area contributed by atoms with E-state index in [9.17, 15) is 4.79 Å². The fraction of sp³-hybridized carbons (Fsp3) is 0.120. The van der Waals surface area contributed by atoms with Gasteiger partial charge in [0.05, 0.1) is 22.6 Å². The Morgan fingerprint density at radius 2 is 1.77 bits per heavy atom. The molecule has 1 atom stereocenters. The van der Waals surface area contributed by atoms with Gasteiger partial charge in [-0.15, -0.1) is 6.58 Å². The first-order valence-corrected chi connectivity index (χ1v) is 10.7. The van der Waals surface area contributed by atoms with E-state index in [0.29, 0.717) is 34.5 Å². The highest BCUT2D eigenvalue weighted by Gasteiger charge is 2.31. The lowest BCUT2D eigenvalue weighted by atomic mass is 10.1. The molecular formula is C25H19Cl2N3O. The van der Waals surface area contributed by atoms with E-state index in [1.807, 2.05) is 71.6 Å². The quantitative estimate of drug-likeness (QED) is 0.339. The van der Waals surface area contributed by atoms with Crippen LogP contribution >= 0.6 is 23.2 Å². The van der Waals surface area contributed by atoms with Gasteiger partial charge in [0.2, 0.25) is 0 Å². The Labute approximate surface area is 190 Å². The maximum atomic E-state index is 13.6. The van der Waals surface area contributed by atoms with E-state index in [2.05, 4.69) is 11.1 Å². The summed E-state index contributed by atoms with van der Waals surface area (Å²) in [5.74, 6) is 0.696. The van der Waals surface area contributed by atoms with Crippen molar-refractivity contribution in [2.75, 3.05) is 6.54 Å². The minimum absolute atomic E-state index is 0.0179. The summed E-state index contributed by atoms with van der Waals surface area (Å²) in [6.07, 6.45) is 1.87. The average Bonchev–Trinajstić information content (AvgIpc) is 3.10. The second-order valence-corrected chi connectivity index (χ2v) is 8.48. The molecule has 31 heavy (non-hydrogen) atoms. The van der Waals surface area contributed by atoms with Crippen LogP contribution in [0.1, 0.15) is 22.0 Å². The number of amides is 1. The fourth-order valence-corrected chi connectivity index (χ4v) is 4.74. The molecule has 0 radical (unpaired) electrons. The van der Waals surface area contributed by atoms with E-state index in [0.717, 1.165) is 22.2 Å². The highest BCUT2D eigenvalue weighted by atomic mass is 35.5. The summed E-state index contributed by atoms with van der Waals surface area (Å²) in [6.45, 7) is 5.07. The first-order valence-electron chi connectivity index (χ1n) is 9.98. The number of benzene rings is 3. The Morgan fingerprint density at radius 1 is 1.03 bits per heavy atom. The number of halogens is 2. The largest absolute Gasteiger partial charge is 0.332 e. The second-order valence-electron chi connectivity index (χ2n) is 7.61. The summed E-state index contributed by atoms with van der Waals surface area (Å²) in [7, 11) is 0. The van der Waals surface area contributed by atoms with Crippen molar-refractivity contribution >= 4 is 40.1 Å². The maximum absolute atomic E-state index is 13.6. The molecule has 2 heterocycles. The molecule has 4 aromatic rings. The van der Waals surface area contributed by atoms with Crippen LogP contribution in [0, 0.1) is 0 Å². The molecule has 5 rings (SSSR count). The van der Waals surface area contributed by atoms with Gasteiger partial charge in [0.1, 0.15) is 5.82 Å². The summed E-state index contributed by atoms with van der Waals surface area (Å²) in [5, 5.41) is 1.07. The van der Waals surface area contributed by atoms with Crippen molar-refractivity contribution in [2.24, 2.45) is 0 Å². The van der Waals surface area contributed by atoms with Crippen LogP contribution in [-0.2, 0) is 6.54 Å². The van der Waals surface area contributed by atoms with Crippen LogP contribution in [-0.4, -0.2) is 26.9 Å². The minimum Gasteiger partial charge on any atom is -0.332 e. The van der Waals surface area contributed by atoms with E-state index >= 15 is 0 Å². The predicted octanol–water partition coefficient (Wildman–Crippen LogP) is 6.39. The van der Waals surface area contributed by atoms with E-state index < -0.39 is 0 Å². The number of carbonyl (C=O) groups is 1. The van der Waals surface area contributed by atoms with Crippen molar-refractivity contribution in [2.45, 2.75) is 12.6 Å². The number of aromatic nitrogens is 2. The first kappa shape index (κ1) is 19.9. The number of hydrogen-bond acceptors (Lipinski definition) is 2. The molecule has 1 amide bonds. The van der Waals surface area contributed by atoms with Crippen LogP contribution in [0.5, 0.6) is 0 Å². The molecular weight excluding hydrogens is 429 g/mol. The molecule has 1 aliphatic heterocycles. The third kappa shape index (κ3) is 3.52. The van der Waals surface area contributed by atoms with Crippen molar-refractivity contribution in [3.05, 3.63) is 101 Å². The average molecular weight is 448 g/mol. The molecule has 0 saturated carbocycles. The normalized spacial score (nSPS) is 15.9.